The van der Waals surface area contributed by atoms with Crippen LogP contribution in [0.2, 0.25) is 0 Å². The third-order valence-corrected chi connectivity index (χ3v) is 2.24. The number of nitrogen functional groups attached to an aromatic ring is 1. The fourth-order valence-corrected chi connectivity index (χ4v) is 1.49. The lowest BCUT2D eigenvalue weighted by Crippen LogP contribution is -2.33. The lowest BCUT2D eigenvalue weighted by molar-refractivity contribution is 0.0277. The summed E-state index contributed by atoms with van der Waals surface area (Å²) in [7, 11) is 0. The van der Waals surface area contributed by atoms with E-state index in [0.717, 1.165) is 25.4 Å². The number of hydrogen-bond donors (Lipinski definition) is 2. The smallest absolute Gasteiger partial charge is 0.0949 e. The van der Waals surface area contributed by atoms with Crippen molar-refractivity contribution in [2.45, 2.75) is 6.10 Å². The molecular formula is C10H15ClN2O. The predicted octanol–water partition coefficient (Wildman–Crippen LogP) is 1.35. The first kappa shape index (κ1) is 11.3. The number of ether oxygens (including phenoxy) is 1. The van der Waals surface area contributed by atoms with Crippen molar-refractivity contribution in [1.29, 1.82) is 0 Å². The zero-order valence-corrected chi connectivity index (χ0v) is 8.72. The van der Waals surface area contributed by atoms with Crippen LogP contribution in [0, 0.1) is 0 Å². The van der Waals surface area contributed by atoms with E-state index in [0.29, 0.717) is 0 Å². The van der Waals surface area contributed by atoms with Crippen molar-refractivity contribution in [3.63, 3.8) is 0 Å². The molecule has 1 fully saturated rings. The molecule has 78 valence electrons. The molecule has 0 aromatic heterocycles. The zero-order valence-electron chi connectivity index (χ0n) is 7.90. The van der Waals surface area contributed by atoms with Crippen LogP contribution < -0.4 is 11.1 Å². The number of benzene rings is 1. The molecule has 0 spiro atoms. The third kappa shape index (κ3) is 2.61. The van der Waals surface area contributed by atoms with Gasteiger partial charge in [0.25, 0.3) is 0 Å². The van der Waals surface area contributed by atoms with Gasteiger partial charge in [0, 0.05) is 18.8 Å². The second-order valence-electron chi connectivity index (χ2n) is 3.23. The van der Waals surface area contributed by atoms with Crippen LogP contribution in [-0.2, 0) is 4.74 Å². The minimum Gasteiger partial charge on any atom is -0.399 e. The third-order valence-electron chi connectivity index (χ3n) is 2.24. The Morgan fingerprint density at radius 1 is 1.29 bits per heavy atom. The number of rotatable bonds is 1. The number of halogens is 1. The summed E-state index contributed by atoms with van der Waals surface area (Å²) in [6.45, 7) is 2.63. The van der Waals surface area contributed by atoms with E-state index >= 15 is 0 Å². The highest BCUT2D eigenvalue weighted by Gasteiger charge is 2.14. The Morgan fingerprint density at radius 3 is 2.57 bits per heavy atom. The molecule has 0 aliphatic carbocycles. The summed E-state index contributed by atoms with van der Waals surface area (Å²) in [5.41, 5.74) is 7.59. The van der Waals surface area contributed by atoms with Crippen molar-refractivity contribution in [2.75, 3.05) is 25.4 Å². The van der Waals surface area contributed by atoms with E-state index < -0.39 is 0 Å². The van der Waals surface area contributed by atoms with Gasteiger partial charge in [-0.15, -0.1) is 12.4 Å². The molecule has 0 saturated carbocycles. The summed E-state index contributed by atoms with van der Waals surface area (Å²) in [6, 6.07) is 7.86. The fourth-order valence-electron chi connectivity index (χ4n) is 1.49. The lowest BCUT2D eigenvalue weighted by atomic mass is 10.1. The minimum atomic E-state index is 0. The normalized spacial score (nSPS) is 21.3. The molecule has 0 bridgehead atoms. The Labute approximate surface area is 90.0 Å². The maximum Gasteiger partial charge on any atom is 0.0949 e. The topological polar surface area (TPSA) is 47.3 Å². The summed E-state index contributed by atoms with van der Waals surface area (Å²) in [5.74, 6) is 0. The summed E-state index contributed by atoms with van der Waals surface area (Å²) in [4.78, 5) is 0. The van der Waals surface area contributed by atoms with E-state index in [-0.39, 0.29) is 18.5 Å². The van der Waals surface area contributed by atoms with Gasteiger partial charge in [-0.25, -0.2) is 0 Å². The molecule has 1 aliphatic heterocycles. The minimum absolute atomic E-state index is 0. The summed E-state index contributed by atoms with van der Waals surface area (Å²) in [6.07, 6.45) is 0.189. The first-order chi connectivity index (χ1) is 6.36. The second kappa shape index (κ2) is 5.20. The van der Waals surface area contributed by atoms with Crippen molar-refractivity contribution >= 4 is 18.1 Å². The maximum atomic E-state index is 5.60. The van der Waals surface area contributed by atoms with Crippen molar-refractivity contribution in [3.05, 3.63) is 29.8 Å². The van der Waals surface area contributed by atoms with Crippen LogP contribution in [0.25, 0.3) is 0 Å². The zero-order chi connectivity index (χ0) is 9.10. The molecule has 4 heteroatoms. The van der Waals surface area contributed by atoms with Crippen molar-refractivity contribution < 1.29 is 4.74 Å². The van der Waals surface area contributed by atoms with Crippen LogP contribution >= 0.6 is 12.4 Å². The Balaban J connectivity index is 0.000000980. The SMILES string of the molecule is Cl.Nc1ccc([C@H]2CNCCO2)cc1. The van der Waals surface area contributed by atoms with E-state index in [4.69, 9.17) is 10.5 Å². The Kier molecular flexibility index (Phi) is 4.20. The molecular weight excluding hydrogens is 200 g/mol. The van der Waals surface area contributed by atoms with E-state index in [9.17, 15) is 0 Å². The first-order valence-corrected chi connectivity index (χ1v) is 4.54. The molecule has 1 atom stereocenters. The molecule has 0 unspecified atom stereocenters. The average Bonchev–Trinajstić information content (AvgIpc) is 2.20. The Bertz CT molecular complexity index is 270. The highest BCUT2D eigenvalue weighted by Crippen LogP contribution is 2.19. The van der Waals surface area contributed by atoms with E-state index in [1.54, 1.807) is 0 Å². The monoisotopic (exact) mass is 214 g/mol. The van der Waals surface area contributed by atoms with Gasteiger partial charge in [-0.1, -0.05) is 12.1 Å². The van der Waals surface area contributed by atoms with Crippen LogP contribution in [0.1, 0.15) is 11.7 Å². The largest absolute Gasteiger partial charge is 0.399 e. The van der Waals surface area contributed by atoms with E-state index in [1.165, 1.54) is 5.56 Å². The van der Waals surface area contributed by atoms with Gasteiger partial charge >= 0.3 is 0 Å². The molecule has 1 heterocycles. The van der Waals surface area contributed by atoms with Gasteiger partial charge in [0.15, 0.2) is 0 Å². The predicted molar refractivity (Wildman–Crippen MR) is 59.7 cm³/mol. The number of morpholine rings is 1. The Hall–Kier alpha value is -0.770. The number of nitrogens with one attached hydrogen (secondary N) is 1. The molecule has 1 saturated heterocycles. The quantitative estimate of drug-likeness (QED) is 0.694. The molecule has 1 aromatic carbocycles. The average molecular weight is 215 g/mol. The van der Waals surface area contributed by atoms with E-state index in [2.05, 4.69) is 5.32 Å². The Morgan fingerprint density at radius 2 is 2.00 bits per heavy atom. The number of hydrogen-bond acceptors (Lipinski definition) is 3. The second-order valence-corrected chi connectivity index (χ2v) is 3.23. The summed E-state index contributed by atoms with van der Waals surface area (Å²) >= 11 is 0. The standard InChI is InChI=1S/C10H14N2O.ClH/c11-9-3-1-8(2-4-9)10-7-12-5-6-13-10;/h1-4,10,12H,5-7,11H2;1H/t10-;/m1./s1. The molecule has 2 rings (SSSR count). The number of anilines is 1. The van der Waals surface area contributed by atoms with Gasteiger partial charge < -0.3 is 15.8 Å². The lowest BCUT2D eigenvalue weighted by Gasteiger charge is -2.23. The molecule has 0 radical (unpaired) electrons. The number of nitrogens with two attached hydrogens (primary N) is 1. The molecule has 1 aliphatic rings. The highest BCUT2D eigenvalue weighted by atomic mass is 35.5. The van der Waals surface area contributed by atoms with Gasteiger partial charge in [-0.3, -0.25) is 0 Å². The van der Waals surface area contributed by atoms with Gasteiger partial charge in [0.2, 0.25) is 0 Å². The van der Waals surface area contributed by atoms with Gasteiger partial charge in [0.05, 0.1) is 12.7 Å². The molecule has 14 heavy (non-hydrogen) atoms. The van der Waals surface area contributed by atoms with Crippen LogP contribution in [0.5, 0.6) is 0 Å². The molecule has 3 N–H and O–H groups in total. The molecule has 3 nitrogen and oxygen atoms in total. The first-order valence-electron chi connectivity index (χ1n) is 4.54. The summed E-state index contributed by atoms with van der Waals surface area (Å²) in [5, 5.41) is 3.29. The van der Waals surface area contributed by atoms with E-state index in [1.807, 2.05) is 24.3 Å². The van der Waals surface area contributed by atoms with Crippen LogP contribution in [0.3, 0.4) is 0 Å². The van der Waals surface area contributed by atoms with Crippen molar-refractivity contribution in [3.8, 4) is 0 Å². The van der Waals surface area contributed by atoms with Crippen molar-refractivity contribution in [2.24, 2.45) is 0 Å². The highest BCUT2D eigenvalue weighted by molar-refractivity contribution is 5.85. The van der Waals surface area contributed by atoms with Gasteiger partial charge in [0.1, 0.15) is 0 Å². The summed E-state index contributed by atoms with van der Waals surface area (Å²) < 4.78 is 5.60. The maximum absolute atomic E-state index is 5.60. The van der Waals surface area contributed by atoms with Crippen molar-refractivity contribution in [1.82, 2.24) is 5.32 Å². The molecule has 0 amide bonds. The van der Waals surface area contributed by atoms with Gasteiger partial charge in [-0.2, -0.15) is 0 Å². The molecule has 1 aromatic rings. The van der Waals surface area contributed by atoms with Crippen LogP contribution in [0.15, 0.2) is 24.3 Å². The van der Waals surface area contributed by atoms with Crippen LogP contribution in [-0.4, -0.2) is 19.7 Å². The van der Waals surface area contributed by atoms with Gasteiger partial charge in [-0.05, 0) is 17.7 Å². The fraction of sp³-hybridized carbons (Fsp3) is 0.400. The van der Waals surface area contributed by atoms with Crippen LogP contribution in [0.4, 0.5) is 5.69 Å².